The molecule has 168 valence electrons. The molecule has 1 aliphatic carbocycles. The number of aliphatic carboxylic acids is 1. The van der Waals surface area contributed by atoms with Crippen molar-refractivity contribution in [1.82, 2.24) is 4.57 Å². The number of benzene rings is 3. The molecule has 6 nitrogen and oxygen atoms in total. The van der Waals surface area contributed by atoms with Gasteiger partial charge < -0.3 is 19.1 Å². The van der Waals surface area contributed by atoms with Crippen molar-refractivity contribution < 1.29 is 24.2 Å². The van der Waals surface area contributed by atoms with Crippen LogP contribution in [-0.4, -0.2) is 34.6 Å². The standard InChI is InChI=1S/C27H25NO5/c29-24-10-3-6-18-7-4-11-25(27(18)24)33-15-5-14-32-19-12-13-21-20-8-1-2-9-22(20)28(17-26(30)31)23(21)16-19/h1-2,4,7-9,11-13,16H,3,5-6,10,14-15,17H2,(H,30,31). The third-order valence-electron chi connectivity index (χ3n) is 6.09. The summed E-state index contributed by atoms with van der Waals surface area (Å²) in [5.74, 6) is 0.622. The Bertz CT molecular complexity index is 1350. The molecule has 0 spiro atoms. The molecule has 33 heavy (non-hydrogen) atoms. The van der Waals surface area contributed by atoms with Gasteiger partial charge in [-0.3, -0.25) is 9.59 Å². The molecule has 1 aliphatic rings. The van der Waals surface area contributed by atoms with Gasteiger partial charge in [0.05, 0.1) is 24.3 Å². The lowest BCUT2D eigenvalue weighted by molar-refractivity contribution is -0.137. The summed E-state index contributed by atoms with van der Waals surface area (Å²) in [5, 5.41) is 11.4. The molecule has 3 aromatic carbocycles. The fraction of sp³-hybridized carbons (Fsp3) is 0.259. The van der Waals surface area contributed by atoms with Crippen molar-refractivity contribution in [2.45, 2.75) is 32.2 Å². The molecule has 6 heteroatoms. The first-order valence-corrected chi connectivity index (χ1v) is 11.3. The van der Waals surface area contributed by atoms with Gasteiger partial charge >= 0.3 is 5.97 Å². The van der Waals surface area contributed by atoms with Crippen LogP contribution in [0.3, 0.4) is 0 Å². The van der Waals surface area contributed by atoms with Crippen LogP contribution in [-0.2, 0) is 17.8 Å². The third kappa shape index (κ3) is 4.16. The minimum absolute atomic E-state index is 0.110. The Morgan fingerprint density at radius 1 is 0.909 bits per heavy atom. The van der Waals surface area contributed by atoms with Crippen LogP contribution < -0.4 is 9.47 Å². The number of nitrogens with zero attached hydrogens (tertiary/aromatic N) is 1. The highest BCUT2D eigenvalue weighted by Crippen LogP contribution is 2.32. The molecule has 0 unspecified atom stereocenters. The van der Waals surface area contributed by atoms with Gasteiger partial charge in [-0.05, 0) is 42.7 Å². The molecule has 5 rings (SSSR count). The van der Waals surface area contributed by atoms with Gasteiger partial charge in [0.2, 0.25) is 0 Å². The fourth-order valence-corrected chi connectivity index (χ4v) is 4.64. The average Bonchev–Trinajstić information content (AvgIpc) is 3.12. The SMILES string of the molecule is O=C(O)Cn1c2ccccc2c2ccc(OCCCOc3cccc4c3C(=O)CCC4)cc21. The van der Waals surface area contributed by atoms with E-state index in [4.69, 9.17) is 9.47 Å². The van der Waals surface area contributed by atoms with E-state index in [1.165, 1.54) is 0 Å². The van der Waals surface area contributed by atoms with Crippen LogP contribution in [0.4, 0.5) is 0 Å². The smallest absolute Gasteiger partial charge is 0.323 e. The van der Waals surface area contributed by atoms with Gasteiger partial charge in [0.15, 0.2) is 5.78 Å². The summed E-state index contributed by atoms with van der Waals surface area (Å²) < 4.78 is 13.7. The van der Waals surface area contributed by atoms with Crippen molar-refractivity contribution in [2.24, 2.45) is 0 Å². The summed E-state index contributed by atoms with van der Waals surface area (Å²) in [5.41, 5.74) is 3.54. The Morgan fingerprint density at radius 3 is 2.61 bits per heavy atom. The number of carbonyl (C=O) groups excluding carboxylic acids is 1. The van der Waals surface area contributed by atoms with Crippen molar-refractivity contribution in [3.63, 3.8) is 0 Å². The number of rotatable bonds is 8. The molecule has 1 N–H and O–H groups in total. The van der Waals surface area contributed by atoms with Crippen LogP contribution in [0.25, 0.3) is 21.8 Å². The van der Waals surface area contributed by atoms with Crippen LogP contribution in [0.2, 0.25) is 0 Å². The molecule has 0 atom stereocenters. The Labute approximate surface area is 191 Å². The first kappa shape index (κ1) is 21.1. The number of fused-ring (bicyclic) bond motifs is 4. The predicted molar refractivity (Wildman–Crippen MR) is 126 cm³/mol. The summed E-state index contributed by atoms with van der Waals surface area (Å²) in [6.07, 6.45) is 3.06. The van der Waals surface area contributed by atoms with Gasteiger partial charge in [-0.15, -0.1) is 0 Å². The van der Waals surface area contributed by atoms with E-state index in [9.17, 15) is 14.7 Å². The molecule has 4 aromatic rings. The molecule has 0 aliphatic heterocycles. The average molecular weight is 443 g/mol. The summed E-state index contributed by atoms with van der Waals surface area (Å²) >= 11 is 0. The van der Waals surface area contributed by atoms with Gasteiger partial charge in [0.1, 0.15) is 18.0 Å². The zero-order valence-corrected chi connectivity index (χ0v) is 18.3. The number of Topliss-reactive ketones (excluding diaryl/α,β-unsaturated/α-hetero) is 1. The van der Waals surface area contributed by atoms with Gasteiger partial charge in [0.25, 0.3) is 0 Å². The lowest BCUT2D eigenvalue weighted by Crippen LogP contribution is -2.14. The Morgan fingerprint density at radius 2 is 1.73 bits per heavy atom. The summed E-state index contributed by atoms with van der Waals surface area (Å²) in [4.78, 5) is 23.7. The summed E-state index contributed by atoms with van der Waals surface area (Å²) in [6.45, 7) is 0.792. The first-order valence-electron chi connectivity index (χ1n) is 11.3. The minimum Gasteiger partial charge on any atom is -0.493 e. The third-order valence-corrected chi connectivity index (χ3v) is 6.09. The topological polar surface area (TPSA) is 77.8 Å². The van der Waals surface area contributed by atoms with Crippen molar-refractivity contribution >= 4 is 33.6 Å². The van der Waals surface area contributed by atoms with Crippen LogP contribution in [0, 0.1) is 0 Å². The number of carboxylic acids is 1. The van der Waals surface area contributed by atoms with E-state index in [0.29, 0.717) is 37.6 Å². The zero-order chi connectivity index (χ0) is 22.8. The van der Waals surface area contributed by atoms with Crippen LogP contribution in [0.5, 0.6) is 11.5 Å². The zero-order valence-electron chi connectivity index (χ0n) is 18.3. The second-order valence-corrected chi connectivity index (χ2v) is 8.29. The fourth-order valence-electron chi connectivity index (χ4n) is 4.64. The Balaban J connectivity index is 1.26. The van der Waals surface area contributed by atoms with E-state index in [1.807, 2.05) is 60.7 Å². The van der Waals surface area contributed by atoms with E-state index in [0.717, 1.165) is 45.8 Å². The van der Waals surface area contributed by atoms with Gasteiger partial charge in [-0.1, -0.05) is 30.3 Å². The highest BCUT2D eigenvalue weighted by Gasteiger charge is 2.21. The molecular weight excluding hydrogens is 418 g/mol. The number of aryl methyl sites for hydroxylation is 1. The minimum atomic E-state index is -0.886. The maximum absolute atomic E-state index is 12.3. The van der Waals surface area contributed by atoms with Crippen molar-refractivity contribution in [1.29, 1.82) is 0 Å². The number of carbonyl (C=O) groups is 2. The number of aromatic nitrogens is 1. The number of ketones is 1. The van der Waals surface area contributed by atoms with Crippen LogP contribution in [0.15, 0.2) is 60.7 Å². The number of hydrogen-bond donors (Lipinski definition) is 1. The molecule has 0 amide bonds. The lowest BCUT2D eigenvalue weighted by Gasteiger charge is -2.18. The maximum atomic E-state index is 12.3. The highest BCUT2D eigenvalue weighted by atomic mass is 16.5. The molecular formula is C27H25NO5. The van der Waals surface area contributed by atoms with Crippen molar-refractivity contribution in [2.75, 3.05) is 13.2 Å². The Kier molecular flexibility index (Phi) is 5.73. The van der Waals surface area contributed by atoms with Crippen molar-refractivity contribution in [3.8, 4) is 11.5 Å². The maximum Gasteiger partial charge on any atom is 0.323 e. The summed E-state index contributed by atoms with van der Waals surface area (Å²) in [6, 6.07) is 19.4. The lowest BCUT2D eigenvalue weighted by atomic mass is 9.90. The van der Waals surface area contributed by atoms with Crippen LogP contribution >= 0.6 is 0 Å². The second-order valence-electron chi connectivity index (χ2n) is 8.29. The molecule has 1 heterocycles. The number of ether oxygens (including phenoxy) is 2. The van der Waals surface area contributed by atoms with E-state index >= 15 is 0 Å². The molecule has 0 fully saturated rings. The highest BCUT2D eigenvalue weighted by molar-refractivity contribution is 6.08. The molecule has 1 aromatic heterocycles. The van der Waals surface area contributed by atoms with E-state index in [2.05, 4.69) is 0 Å². The van der Waals surface area contributed by atoms with Gasteiger partial charge in [0, 0.05) is 35.2 Å². The monoisotopic (exact) mass is 443 g/mol. The largest absolute Gasteiger partial charge is 0.493 e. The predicted octanol–water partition coefficient (Wildman–Crippen LogP) is 5.25. The van der Waals surface area contributed by atoms with E-state index in [1.54, 1.807) is 4.57 Å². The molecule has 0 saturated carbocycles. The molecule has 0 radical (unpaired) electrons. The summed E-state index contributed by atoms with van der Waals surface area (Å²) in [7, 11) is 0. The molecule has 0 saturated heterocycles. The number of carboxylic acid groups (broad SMARTS) is 1. The van der Waals surface area contributed by atoms with Gasteiger partial charge in [-0.2, -0.15) is 0 Å². The van der Waals surface area contributed by atoms with Crippen LogP contribution in [0.1, 0.15) is 35.2 Å². The molecule has 0 bridgehead atoms. The number of hydrogen-bond acceptors (Lipinski definition) is 4. The van der Waals surface area contributed by atoms with E-state index < -0.39 is 5.97 Å². The Hall–Kier alpha value is -3.80. The first-order chi connectivity index (χ1) is 16.1. The number of para-hydroxylation sites is 1. The quantitative estimate of drug-likeness (QED) is 0.377. The van der Waals surface area contributed by atoms with E-state index in [-0.39, 0.29) is 12.3 Å². The second kappa shape index (κ2) is 8.98. The van der Waals surface area contributed by atoms with Crippen molar-refractivity contribution in [3.05, 3.63) is 71.8 Å². The van der Waals surface area contributed by atoms with Gasteiger partial charge in [-0.25, -0.2) is 0 Å². The normalized spacial score (nSPS) is 13.3.